The predicted molar refractivity (Wildman–Crippen MR) is 98.4 cm³/mol. The fourth-order valence-electron chi connectivity index (χ4n) is 3.80. The third-order valence-electron chi connectivity index (χ3n) is 4.79. The molecule has 0 saturated carbocycles. The molecule has 6 nitrogen and oxygen atoms in total. The Labute approximate surface area is 163 Å². The summed E-state index contributed by atoms with van der Waals surface area (Å²) in [5, 5.41) is 0. The third-order valence-corrected chi connectivity index (χ3v) is 5.57. The largest absolute Gasteiger partial charge is 0.449 e. The van der Waals surface area contributed by atoms with Crippen molar-refractivity contribution in [1.29, 1.82) is 0 Å². The van der Waals surface area contributed by atoms with E-state index in [1.54, 1.807) is 36.7 Å². The summed E-state index contributed by atoms with van der Waals surface area (Å²) in [6, 6.07) is 3.55. The quantitative estimate of drug-likeness (QED) is 0.575. The Balaban J connectivity index is 1.71. The van der Waals surface area contributed by atoms with Crippen LogP contribution in [0.5, 0.6) is 0 Å². The van der Waals surface area contributed by atoms with Crippen molar-refractivity contribution < 1.29 is 18.4 Å². The molecule has 2 aromatic heterocycles. The highest BCUT2D eigenvalue weighted by Crippen LogP contribution is 2.51. The van der Waals surface area contributed by atoms with E-state index in [1.165, 1.54) is 9.80 Å². The molecular formula is C18H6Br2N2O4. The van der Waals surface area contributed by atoms with Crippen molar-refractivity contribution >= 4 is 67.2 Å². The molecule has 0 atom stereocenters. The lowest BCUT2D eigenvalue weighted by Gasteiger charge is -2.23. The topological polar surface area (TPSA) is 66.9 Å². The first-order valence-corrected chi connectivity index (χ1v) is 9.25. The molecule has 0 N–H and O–H groups in total. The van der Waals surface area contributed by atoms with Crippen LogP contribution >= 0.6 is 31.9 Å². The molecule has 0 aromatic carbocycles. The Kier molecular flexibility index (Phi) is 2.56. The molecule has 6 heterocycles. The molecule has 0 radical (unpaired) electrons. The zero-order valence-corrected chi connectivity index (χ0v) is 15.9. The summed E-state index contributed by atoms with van der Waals surface area (Å²) >= 11 is 6.63. The number of rotatable bonds is 0. The van der Waals surface area contributed by atoms with Crippen molar-refractivity contribution in [2.45, 2.75) is 0 Å². The van der Waals surface area contributed by atoms with Crippen LogP contribution in [0.4, 0.5) is 0 Å². The summed E-state index contributed by atoms with van der Waals surface area (Å²) < 4.78 is 12.3. The van der Waals surface area contributed by atoms with E-state index < -0.39 is 0 Å². The van der Waals surface area contributed by atoms with Gasteiger partial charge in [-0.25, -0.2) is 0 Å². The maximum Gasteiger partial charge on any atom is 0.265 e. The smallest absolute Gasteiger partial charge is 0.265 e. The molecule has 126 valence electrons. The van der Waals surface area contributed by atoms with E-state index in [4.69, 9.17) is 8.83 Å². The summed E-state index contributed by atoms with van der Waals surface area (Å²) in [5.41, 5.74) is 3.31. The molecule has 0 unspecified atom stereocenters. The standard InChI is InChI=1S/C18H6Br2N2O4/c19-11-5-7-9(25-11)1-3-21-15(7)13-14(17(21)23)16-8-6-12(20)26-10(8)2-4-22(16)18(13)24/h1-6H. The molecule has 2 aromatic rings. The summed E-state index contributed by atoms with van der Waals surface area (Å²) in [6.45, 7) is 0. The summed E-state index contributed by atoms with van der Waals surface area (Å²) in [5.74, 6) is 0.738. The van der Waals surface area contributed by atoms with Crippen LogP contribution in [0.2, 0.25) is 0 Å². The Morgan fingerprint density at radius 2 is 1.15 bits per heavy atom. The minimum Gasteiger partial charge on any atom is -0.449 e. The van der Waals surface area contributed by atoms with Gasteiger partial charge in [-0.1, -0.05) is 0 Å². The van der Waals surface area contributed by atoms with E-state index in [9.17, 15) is 9.59 Å². The van der Waals surface area contributed by atoms with E-state index in [0.29, 0.717) is 54.5 Å². The van der Waals surface area contributed by atoms with Gasteiger partial charge in [-0.05, 0) is 44.0 Å². The second-order valence-electron chi connectivity index (χ2n) is 6.09. The maximum absolute atomic E-state index is 13.1. The van der Waals surface area contributed by atoms with Crippen LogP contribution < -0.4 is 0 Å². The van der Waals surface area contributed by atoms with Crippen molar-refractivity contribution in [2.24, 2.45) is 0 Å². The molecule has 0 bridgehead atoms. The van der Waals surface area contributed by atoms with Crippen molar-refractivity contribution in [1.82, 2.24) is 9.80 Å². The number of hydrogen-bond acceptors (Lipinski definition) is 4. The summed E-state index contributed by atoms with van der Waals surface area (Å²) in [4.78, 5) is 29.3. The van der Waals surface area contributed by atoms with Crippen LogP contribution in [0.1, 0.15) is 22.6 Å². The number of amides is 2. The highest BCUT2D eigenvalue weighted by Gasteiger charge is 2.50. The second-order valence-corrected chi connectivity index (χ2v) is 7.65. The van der Waals surface area contributed by atoms with Crippen LogP contribution in [-0.2, 0) is 9.59 Å². The maximum atomic E-state index is 13.1. The lowest BCUT2D eigenvalue weighted by Crippen LogP contribution is -2.26. The Morgan fingerprint density at radius 1 is 0.731 bits per heavy atom. The average Bonchev–Trinajstić information content (AvgIpc) is 3.30. The van der Waals surface area contributed by atoms with Gasteiger partial charge in [-0.3, -0.25) is 19.4 Å². The lowest BCUT2D eigenvalue weighted by molar-refractivity contribution is -0.122. The molecule has 4 aliphatic heterocycles. The molecule has 0 spiro atoms. The van der Waals surface area contributed by atoms with Gasteiger partial charge >= 0.3 is 0 Å². The molecule has 0 aliphatic carbocycles. The van der Waals surface area contributed by atoms with E-state index in [1.807, 2.05) is 0 Å². The van der Waals surface area contributed by atoms with E-state index in [0.717, 1.165) is 0 Å². The number of furan rings is 2. The molecular weight excluding hydrogens is 468 g/mol. The van der Waals surface area contributed by atoms with Crippen LogP contribution in [0, 0.1) is 0 Å². The fraction of sp³-hybridized carbons (Fsp3) is 0. The number of carbonyl (C=O) groups excluding carboxylic acids is 2. The second kappa shape index (κ2) is 4.57. The molecule has 26 heavy (non-hydrogen) atoms. The zero-order chi connectivity index (χ0) is 17.7. The Bertz CT molecular complexity index is 1110. The van der Waals surface area contributed by atoms with Crippen molar-refractivity contribution in [2.75, 3.05) is 0 Å². The van der Waals surface area contributed by atoms with E-state index in [-0.39, 0.29) is 11.8 Å². The SMILES string of the molecule is O=C1C2=C3c4cc(Br)oc4C=CN3C(=O)C2=C2c3cc(Br)oc3C=CN12. The number of carbonyl (C=O) groups is 2. The van der Waals surface area contributed by atoms with Crippen LogP contribution in [0.25, 0.3) is 23.5 Å². The molecule has 8 heteroatoms. The minimum absolute atomic E-state index is 0.237. The van der Waals surface area contributed by atoms with Gasteiger partial charge in [0.25, 0.3) is 11.8 Å². The van der Waals surface area contributed by atoms with Gasteiger partial charge in [0.15, 0.2) is 9.34 Å². The number of fused-ring (bicyclic) bond motifs is 7. The number of halogens is 2. The molecule has 4 aliphatic rings. The fourth-order valence-corrected chi connectivity index (χ4v) is 4.61. The van der Waals surface area contributed by atoms with Gasteiger partial charge < -0.3 is 8.83 Å². The first-order valence-electron chi connectivity index (χ1n) is 7.66. The first kappa shape index (κ1) is 14.6. The van der Waals surface area contributed by atoms with Crippen molar-refractivity contribution in [3.63, 3.8) is 0 Å². The van der Waals surface area contributed by atoms with E-state index >= 15 is 0 Å². The normalized spacial score (nSPS) is 19.3. The van der Waals surface area contributed by atoms with Gasteiger partial charge in [0.05, 0.1) is 22.5 Å². The van der Waals surface area contributed by atoms with Crippen LogP contribution in [0.15, 0.2) is 53.9 Å². The van der Waals surface area contributed by atoms with Gasteiger partial charge in [0.2, 0.25) is 0 Å². The predicted octanol–water partition coefficient (Wildman–Crippen LogP) is 4.17. The van der Waals surface area contributed by atoms with Crippen molar-refractivity contribution in [3.05, 3.63) is 67.7 Å². The van der Waals surface area contributed by atoms with Gasteiger partial charge in [-0.2, -0.15) is 0 Å². The Hall–Kier alpha value is -2.58. The summed E-state index contributed by atoms with van der Waals surface area (Å²) in [6.07, 6.45) is 6.71. The van der Waals surface area contributed by atoms with Crippen molar-refractivity contribution in [3.8, 4) is 0 Å². The monoisotopic (exact) mass is 472 g/mol. The number of hydrogen-bond donors (Lipinski definition) is 0. The molecule has 2 amide bonds. The summed E-state index contributed by atoms with van der Waals surface area (Å²) in [7, 11) is 0. The van der Waals surface area contributed by atoms with Crippen LogP contribution in [0.3, 0.4) is 0 Å². The zero-order valence-electron chi connectivity index (χ0n) is 12.7. The van der Waals surface area contributed by atoms with Gasteiger partial charge in [-0.15, -0.1) is 0 Å². The lowest BCUT2D eigenvalue weighted by atomic mass is 10.0. The van der Waals surface area contributed by atoms with Gasteiger partial charge in [0.1, 0.15) is 11.5 Å². The highest BCUT2D eigenvalue weighted by atomic mass is 79.9. The first-order chi connectivity index (χ1) is 12.5. The van der Waals surface area contributed by atoms with Crippen LogP contribution in [-0.4, -0.2) is 21.6 Å². The minimum atomic E-state index is -0.237. The molecule has 6 rings (SSSR count). The average molecular weight is 474 g/mol. The van der Waals surface area contributed by atoms with E-state index in [2.05, 4.69) is 31.9 Å². The highest BCUT2D eigenvalue weighted by molar-refractivity contribution is 9.10. The van der Waals surface area contributed by atoms with Gasteiger partial charge in [0, 0.05) is 35.7 Å². The molecule has 0 fully saturated rings. The third kappa shape index (κ3) is 1.57. The Morgan fingerprint density at radius 3 is 1.58 bits per heavy atom. The number of nitrogens with zero attached hydrogens (tertiary/aromatic N) is 2. The molecule has 0 saturated heterocycles.